The van der Waals surface area contributed by atoms with Gasteiger partial charge >= 0.3 is 0 Å². The van der Waals surface area contributed by atoms with Gasteiger partial charge in [0.05, 0.1) is 7.11 Å². The summed E-state index contributed by atoms with van der Waals surface area (Å²) in [5, 5.41) is 0. The van der Waals surface area contributed by atoms with Crippen molar-refractivity contribution in [2.75, 3.05) is 19.5 Å². The number of halogens is 1. The van der Waals surface area contributed by atoms with E-state index in [1.807, 2.05) is 13.8 Å². The van der Waals surface area contributed by atoms with Gasteiger partial charge < -0.3 is 4.74 Å². The molecule has 112 valence electrons. The lowest BCUT2D eigenvalue weighted by Gasteiger charge is -2.24. The van der Waals surface area contributed by atoms with Crippen LogP contribution < -0.4 is 4.74 Å². The number of methoxy groups -OCH3 is 1. The first-order valence-electron chi connectivity index (χ1n) is 6.65. The number of aryl methyl sites for hydroxylation is 2. The van der Waals surface area contributed by atoms with Gasteiger partial charge in [-0.25, -0.2) is 8.42 Å². The predicted molar refractivity (Wildman–Crippen MR) is 80.1 cm³/mol. The zero-order valence-corrected chi connectivity index (χ0v) is 13.6. The Labute approximate surface area is 125 Å². The van der Waals surface area contributed by atoms with Crippen LogP contribution in [0.25, 0.3) is 0 Å². The van der Waals surface area contributed by atoms with Crippen LogP contribution >= 0.6 is 11.6 Å². The Kier molecular flexibility index (Phi) is 4.62. The third kappa shape index (κ3) is 2.67. The van der Waals surface area contributed by atoms with Crippen LogP contribution in [0.4, 0.5) is 0 Å². The van der Waals surface area contributed by atoms with Crippen molar-refractivity contribution in [3.8, 4) is 5.75 Å². The van der Waals surface area contributed by atoms with Crippen LogP contribution in [0.1, 0.15) is 24.0 Å². The van der Waals surface area contributed by atoms with E-state index in [9.17, 15) is 8.42 Å². The second kappa shape index (κ2) is 5.92. The zero-order valence-electron chi connectivity index (χ0n) is 12.0. The topological polar surface area (TPSA) is 46.6 Å². The van der Waals surface area contributed by atoms with Crippen LogP contribution in [0, 0.1) is 13.8 Å². The summed E-state index contributed by atoms with van der Waals surface area (Å²) in [5.41, 5.74) is 1.95. The fourth-order valence-corrected chi connectivity index (χ4v) is 4.85. The van der Waals surface area contributed by atoms with E-state index in [2.05, 4.69) is 0 Å². The van der Waals surface area contributed by atoms with E-state index in [1.54, 1.807) is 12.1 Å². The fourth-order valence-electron chi connectivity index (χ4n) is 2.53. The van der Waals surface area contributed by atoms with E-state index in [1.165, 1.54) is 11.4 Å². The summed E-state index contributed by atoms with van der Waals surface area (Å²) in [6.45, 7) is 4.36. The normalized spacial score (nSPS) is 20.3. The third-order valence-electron chi connectivity index (χ3n) is 3.87. The van der Waals surface area contributed by atoms with Gasteiger partial charge in [0.15, 0.2) is 0 Å². The summed E-state index contributed by atoms with van der Waals surface area (Å²) in [7, 11) is -2.07. The van der Waals surface area contributed by atoms with Gasteiger partial charge in [-0.15, -0.1) is 11.6 Å². The average Bonchev–Trinajstić information content (AvgIpc) is 2.90. The molecular weight excluding hydrogens is 298 g/mol. The molecule has 1 aliphatic rings. The molecule has 1 aromatic rings. The van der Waals surface area contributed by atoms with Gasteiger partial charge in [0.25, 0.3) is 0 Å². The lowest BCUT2D eigenvalue weighted by Crippen LogP contribution is -2.36. The molecule has 0 spiro atoms. The largest absolute Gasteiger partial charge is 0.495 e. The monoisotopic (exact) mass is 317 g/mol. The smallest absolute Gasteiger partial charge is 0.247 e. The molecule has 2 rings (SSSR count). The minimum absolute atomic E-state index is 0.118. The average molecular weight is 318 g/mol. The minimum atomic E-state index is -3.56. The van der Waals surface area contributed by atoms with Gasteiger partial charge in [-0.05, 0) is 49.9 Å². The molecule has 1 aliphatic heterocycles. The Hall–Kier alpha value is -0.780. The van der Waals surface area contributed by atoms with Crippen molar-refractivity contribution in [1.29, 1.82) is 0 Å². The fraction of sp³-hybridized carbons (Fsp3) is 0.571. The van der Waals surface area contributed by atoms with Crippen molar-refractivity contribution in [2.45, 2.75) is 37.6 Å². The Morgan fingerprint density at radius 1 is 1.35 bits per heavy atom. The SMILES string of the molecule is COc1cc(C)c(C)cc1S(=O)(=O)N1CCC[C@H]1CCl. The summed E-state index contributed by atoms with van der Waals surface area (Å²) in [5.74, 6) is 0.722. The molecule has 6 heteroatoms. The molecule has 20 heavy (non-hydrogen) atoms. The van der Waals surface area contributed by atoms with Gasteiger partial charge in [-0.1, -0.05) is 0 Å². The second-order valence-corrected chi connectivity index (χ2v) is 7.32. The quantitative estimate of drug-likeness (QED) is 0.802. The van der Waals surface area contributed by atoms with Crippen LogP contribution in [0.15, 0.2) is 17.0 Å². The van der Waals surface area contributed by atoms with Crippen molar-refractivity contribution >= 4 is 21.6 Å². The first-order chi connectivity index (χ1) is 9.41. The summed E-state index contributed by atoms with van der Waals surface area (Å²) in [6, 6.07) is 3.34. The van der Waals surface area contributed by atoms with Crippen LogP contribution in [-0.4, -0.2) is 38.3 Å². The van der Waals surface area contributed by atoms with Gasteiger partial charge in [0, 0.05) is 18.5 Å². The molecule has 1 heterocycles. The number of benzene rings is 1. The van der Waals surface area contributed by atoms with Gasteiger partial charge in [-0.2, -0.15) is 4.31 Å². The Bertz CT molecular complexity index is 601. The zero-order chi connectivity index (χ0) is 14.9. The molecule has 0 amide bonds. The highest BCUT2D eigenvalue weighted by atomic mass is 35.5. The molecule has 0 aliphatic carbocycles. The standard InChI is InChI=1S/C14H20ClNO3S/c1-10-7-13(19-3)14(8-11(10)2)20(17,18)16-6-4-5-12(16)9-15/h7-8,12H,4-6,9H2,1-3H3/t12-/m0/s1. The number of hydrogen-bond acceptors (Lipinski definition) is 3. The molecular formula is C14H20ClNO3S. The van der Waals surface area contributed by atoms with E-state index in [-0.39, 0.29) is 10.9 Å². The first-order valence-corrected chi connectivity index (χ1v) is 8.62. The highest BCUT2D eigenvalue weighted by Crippen LogP contribution is 2.33. The van der Waals surface area contributed by atoms with Crippen LogP contribution in [0.5, 0.6) is 5.75 Å². The van der Waals surface area contributed by atoms with Crippen LogP contribution in [0.3, 0.4) is 0 Å². The van der Waals surface area contributed by atoms with Crippen molar-refractivity contribution in [3.05, 3.63) is 23.3 Å². The molecule has 0 saturated carbocycles. The maximum absolute atomic E-state index is 12.8. The maximum Gasteiger partial charge on any atom is 0.247 e. The van der Waals surface area contributed by atoms with Crippen LogP contribution in [0.2, 0.25) is 0 Å². The lowest BCUT2D eigenvalue weighted by molar-refractivity contribution is 0.387. The van der Waals surface area contributed by atoms with E-state index in [0.717, 1.165) is 24.0 Å². The van der Waals surface area contributed by atoms with Gasteiger partial charge in [-0.3, -0.25) is 0 Å². The third-order valence-corrected chi connectivity index (χ3v) is 6.20. The van der Waals surface area contributed by atoms with Crippen LogP contribution in [-0.2, 0) is 10.0 Å². The second-order valence-electron chi connectivity index (χ2n) is 5.15. The van der Waals surface area contributed by atoms with Gasteiger partial charge in [0.1, 0.15) is 10.6 Å². The molecule has 1 aromatic carbocycles. The summed E-state index contributed by atoms with van der Waals surface area (Å²) in [6.07, 6.45) is 1.67. The number of rotatable bonds is 4. The molecule has 0 N–H and O–H groups in total. The van der Waals surface area contributed by atoms with E-state index < -0.39 is 10.0 Å². The summed E-state index contributed by atoms with van der Waals surface area (Å²) >= 11 is 5.89. The number of sulfonamides is 1. The highest BCUT2D eigenvalue weighted by molar-refractivity contribution is 7.89. The summed E-state index contributed by atoms with van der Waals surface area (Å²) in [4.78, 5) is 0.236. The number of alkyl halides is 1. The molecule has 0 unspecified atom stereocenters. The Morgan fingerprint density at radius 3 is 2.60 bits per heavy atom. The Balaban J connectivity index is 2.51. The number of ether oxygens (including phenoxy) is 1. The van der Waals surface area contributed by atoms with E-state index in [4.69, 9.17) is 16.3 Å². The molecule has 1 fully saturated rings. The lowest BCUT2D eigenvalue weighted by atomic mass is 10.1. The van der Waals surface area contributed by atoms with Crippen molar-refractivity contribution in [2.24, 2.45) is 0 Å². The Morgan fingerprint density at radius 2 is 2.00 bits per heavy atom. The van der Waals surface area contributed by atoms with E-state index in [0.29, 0.717) is 18.2 Å². The van der Waals surface area contributed by atoms with Crippen molar-refractivity contribution in [3.63, 3.8) is 0 Å². The summed E-state index contributed by atoms with van der Waals surface area (Å²) < 4.78 is 32.4. The van der Waals surface area contributed by atoms with E-state index >= 15 is 0 Å². The number of nitrogens with zero attached hydrogens (tertiary/aromatic N) is 1. The number of hydrogen-bond donors (Lipinski definition) is 0. The predicted octanol–water partition coefficient (Wildman–Crippen LogP) is 2.70. The van der Waals surface area contributed by atoms with Crippen molar-refractivity contribution < 1.29 is 13.2 Å². The van der Waals surface area contributed by atoms with Gasteiger partial charge in [0.2, 0.25) is 10.0 Å². The molecule has 1 saturated heterocycles. The maximum atomic E-state index is 12.8. The molecule has 4 nitrogen and oxygen atoms in total. The highest BCUT2D eigenvalue weighted by Gasteiger charge is 2.36. The molecule has 0 aromatic heterocycles. The molecule has 0 bridgehead atoms. The first kappa shape index (κ1) is 15.6. The minimum Gasteiger partial charge on any atom is -0.495 e. The van der Waals surface area contributed by atoms with Crippen molar-refractivity contribution in [1.82, 2.24) is 4.31 Å². The molecule has 1 atom stereocenters. The molecule has 0 radical (unpaired) electrons.